The number of morpholine rings is 1. The fourth-order valence-corrected chi connectivity index (χ4v) is 4.37. The number of ether oxygens (including phenoxy) is 1. The van der Waals surface area contributed by atoms with Gasteiger partial charge < -0.3 is 19.4 Å². The predicted molar refractivity (Wildman–Crippen MR) is 105 cm³/mol. The third-order valence-corrected chi connectivity index (χ3v) is 5.53. The van der Waals surface area contributed by atoms with Crippen LogP contribution >= 0.6 is 22.9 Å². The van der Waals surface area contributed by atoms with Gasteiger partial charge in [-0.3, -0.25) is 0 Å². The maximum Gasteiger partial charge on any atom is 0.224 e. The van der Waals surface area contributed by atoms with Crippen molar-refractivity contribution in [2.75, 3.05) is 65.4 Å². The van der Waals surface area contributed by atoms with E-state index in [4.69, 9.17) is 16.3 Å². The largest absolute Gasteiger partial charge is 0.378 e. The van der Waals surface area contributed by atoms with Crippen LogP contribution in [0.25, 0.3) is 10.2 Å². The first-order chi connectivity index (χ1) is 12.0. The molecule has 2 aromatic heterocycles. The molecule has 6 nitrogen and oxygen atoms in total. The van der Waals surface area contributed by atoms with Gasteiger partial charge in [0.25, 0.3) is 0 Å². The Labute approximate surface area is 158 Å². The van der Waals surface area contributed by atoms with E-state index in [2.05, 4.69) is 51.9 Å². The Morgan fingerprint density at radius 2 is 1.96 bits per heavy atom. The van der Waals surface area contributed by atoms with Crippen LogP contribution in [0.15, 0.2) is 6.07 Å². The first kappa shape index (κ1) is 18.8. The smallest absolute Gasteiger partial charge is 0.224 e. The van der Waals surface area contributed by atoms with Gasteiger partial charge in [-0.05, 0) is 58.3 Å². The Morgan fingerprint density at radius 3 is 2.68 bits per heavy atom. The highest BCUT2D eigenvalue weighted by Gasteiger charge is 2.19. The zero-order chi connectivity index (χ0) is 17.8. The van der Waals surface area contributed by atoms with E-state index in [1.54, 1.807) is 11.3 Å². The molecule has 2 aromatic rings. The van der Waals surface area contributed by atoms with Crippen molar-refractivity contribution in [2.24, 2.45) is 0 Å². The molecule has 8 heteroatoms. The van der Waals surface area contributed by atoms with Gasteiger partial charge in [0.05, 0.1) is 23.4 Å². The van der Waals surface area contributed by atoms with Gasteiger partial charge in [0.2, 0.25) is 5.28 Å². The van der Waals surface area contributed by atoms with Crippen LogP contribution in [0.2, 0.25) is 5.28 Å². The summed E-state index contributed by atoms with van der Waals surface area (Å²) in [6, 6.07) is 2.15. The zero-order valence-corrected chi connectivity index (χ0v) is 16.7. The van der Waals surface area contributed by atoms with Crippen molar-refractivity contribution in [2.45, 2.75) is 13.0 Å². The molecular formula is C17H26ClN5OS. The SMILES string of the molecule is CN(C)CCCN(C)Cc1cc2nc(Cl)nc(N3CCOCC3)c2s1. The molecule has 3 heterocycles. The lowest BCUT2D eigenvalue weighted by atomic mass is 10.3. The second kappa shape index (κ2) is 8.60. The summed E-state index contributed by atoms with van der Waals surface area (Å²) in [5, 5.41) is 0.317. The van der Waals surface area contributed by atoms with E-state index in [1.807, 2.05) is 0 Å². The lowest BCUT2D eigenvalue weighted by molar-refractivity contribution is 0.122. The highest BCUT2D eigenvalue weighted by atomic mass is 35.5. The molecule has 0 unspecified atom stereocenters. The van der Waals surface area contributed by atoms with Gasteiger partial charge in [0.15, 0.2) is 5.82 Å². The van der Waals surface area contributed by atoms with Gasteiger partial charge >= 0.3 is 0 Å². The molecule has 0 N–H and O–H groups in total. The van der Waals surface area contributed by atoms with Gasteiger partial charge in [-0.1, -0.05) is 0 Å². The summed E-state index contributed by atoms with van der Waals surface area (Å²) in [6.45, 7) is 6.27. The molecule has 0 atom stereocenters. The van der Waals surface area contributed by atoms with E-state index >= 15 is 0 Å². The molecular weight excluding hydrogens is 358 g/mol. The van der Waals surface area contributed by atoms with Crippen LogP contribution < -0.4 is 4.90 Å². The number of anilines is 1. The molecule has 0 saturated carbocycles. The number of aromatic nitrogens is 2. The van der Waals surface area contributed by atoms with E-state index in [9.17, 15) is 0 Å². The Bertz CT molecular complexity index is 702. The van der Waals surface area contributed by atoms with Crippen LogP contribution in [0.3, 0.4) is 0 Å². The predicted octanol–water partition coefficient (Wildman–Crippen LogP) is 2.56. The average Bonchev–Trinajstić information content (AvgIpc) is 2.96. The van der Waals surface area contributed by atoms with Crippen molar-refractivity contribution in [3.63, 3.8) is 0 Å². The Kier molecular flexibility index (Phi) is 6.46. The highest BCUT2D eigenvalue weighted by molar-refractivity contribution is 7.19. The average molecular weight is 384 g/mol. The maximum atomic E-state index is 6.17. The summed E-state index contributed by atoms with van der Waals surface area (Å²) in [7, 11) is 6.39. The fourth-order valence-electron chi connectivity index (χ4n) is 3.01. The number of fused-ring (bicyclic) bond motifs is 1. The van der Waals surface area contributed by atoms with Gasteiger partial charge in [-0.25, -0.2) is 4.98 Å². The first-order valence-corrected chi connectivity index (χ1v) is 9.84. The second-order valence-corrected chi connectivity index (χ2v) is 8.21. The van der Waals surface area contributed by atoms with E-state index < -0.39 is 0 Å². The van der Waals surface area contributed by atoms with Crippen LogP contribution in [0, 0.1) is 0 Å². The number of nitrogens with zero attached hydrogens (tertiary/aromatic N) is 5. The maximum absolute atomic E-state index is 6.17. The monoisotopic (exact) mass is 383 g/mol. The molecule has 25 heavy (non-hydrogen) atoms. The lowest BCUT2D eigenvalue weighted by Crippen LogP contribution is -2.36. The van der Waals surface area contributed by atoms with Crippen LogP contribution in [0.4, 0.5) is 5.82 Å². The molecule has 0 aliphatic carbocycles. The van der Waals surface area contributed by atoms with Crippen LogP contribution in [0.1, 0.15) is 11.3 Å². The summed E-state index contributed by atoms with van der Waals surface area (Å²) >= 11 is 7.94. The molecule has 138 valence electrons. The normalized spacial score (nSPS) is 15.7. The molecule has 0 radical (unpaired) electrons. The molecule has 0 bridgehead atoms. The van der Waals surface area contributed by atoms with Crippen molar-refractivity contribution in [3.8, 4) is 0 Å². The number of hydrogen-bond donors (Lipinski definition) is 0. The minimum atomic E-state index is 0.317. The fraction of sp³-hybridized carbons (Fsp3) is 0.647. The van der Waals surface area contributed by atoms with E-state index in [0.717, 1.165) is 62.0 Å². The van der Waals surface area contributed by atoms with E-state index in [0.29, 0.717) is 5.28 Å². The second-order valence-electron chi connectivity index (χ2n) is 6.74. The Hall–Kier alpha value is -0.990. The van der Waals surface area contributed by atoms with Crippen LogP contribution in [0.5, 0.6) is 0 Å². The van der Waals surface area contributed by atoms with Gasteiger partial charge in [0.1, 0.15) is 0 Å². The minimum Gasteiger partial charge on any atom is -0.378 e. The summed E-state index contributed by atoms with van der Waals surface area (Å²) in [6.07, 6.45) is 1.17. The zero-order valence-electron chi connectivity index (χ0n) is 15.2. The summed E-state index contributed by atoms with van der Waals surface area (Å²) < 4.78 is 6.58. The topological polar surface area (TPSA) is 44.7 Å². The minimum absolute atomic E-state index is 0.317. The molecule has 0 spiro atoms. The molecule has 1 aliphatic rings. The molecule has 0 aromatic carbocycles. The number of thiophene rings is 1. The molecule has 0 amide bonds. The molecule has 3 rings (SSSR count). The molecule has 1 aliphatic heterocycles. The standard InChI is InChI=1S/C17H26ClN5OS/c1-21(2)5-4-6-22(3)12-13-11-14-15(25-13)16(20-17(18)19-14)23-7-9-24-10-8-23/h11H,4-10,12H2,1-3H3. The van der Waals surface area contributed by atoms with Crippen LogP contribution in [-0.4, -0.2) is 80.3 Å². The van der Waals surface area contributed by atoms with Crippen molar-refractivity contribution >= 4 is 39.0 Å². The van der Waals surface area contributed by atoms with Crippen LogP contribution in [-0.2, 0) is 11.3 Å². The Morgan fingerprint density at radius 1 is 1.20 bits per heavy atom. The third kappa shape index (κ3) is 5.01. The lowest BCUT2D eigenvalue weighted by Gasteiger charge is -2.28. The molecule has 1 fully saturated rings. The van der Waals surface area contributed by atoms with Crippen molar-refractivity contribution in [1.29, 1.82) is 0 Å². The highest BCUT2D eigenvalue weighted by Crippen LogP contribution is 2.33. The molecule has 1 saturated heterocycles. The number of hydrogen-bond acceptors (Lipinski definition) is 7. The third-order valence-electron chi connectivity index (χ3n) is 4.26. The summed E-state index contributed by atoms with van der Waals surface area (Å²) in [5.41, 5.74) is 0.947. The van der Waals surface area contributed by atoms with Gasteiger partial charge in [-0.2, -0.15) is 4.98 Å². The van der Waals surface area contributed by atoms with Crippen molar-refractivity contribution < 1.29 is 4.74 Å². The first-order valence-electron chi connectivity index (χ1n) is 8.65. The van der Waals surface area contributed by atoms with Crippen molar-refractivity contribution in [3.05, 3.63) is 16.2 Å². The number of rotatable bonds is 7. The Balaban J connectivity index is 1.74. The van der Waals surface area contributed by atoms with Gasteiger partial charge in [-0.15, -0.1) is 11.3 Å². The van der Waals surface area contributed by atoms with E-state index in [-0.39, 0.29) is 0 Å². The number of halogens is 1. The summed E-state index contributed by atoms with van der Waals surface area (Å²) in [4.78, 5) is 17.1. The summed E-state index contributed by atoms with van der Waals surface area (Å²) in [5.74, 6) is 0.949. The van der Waals surface area contributed by atoms with Crippen molar-refractivity contribution in [1.82, 2.24) is 19.8 Å². The van der Waals surface area contributed by atoms with Gasteiger partial charge in [0, 0.05) is 24.5 Å². The van der Waals surface area contributed by atoms with E-state index in [1.165, 1.54) is 11.3 Å². The quantitative estimate of drug-likeness (QED) is 0.685.